The highest BCUT2D eigenvalue weighted by Crippen LogP contribution is 2.47. The Labute approximate surface area is 196 Å². The lowest BCUT2D eigenvalue weighted by Gasteiger charge is -2.40. The summed E-state index contributed by atoms with van der Waals surface area (Å²) < 4.78 is 13.7. The number of aliphatic hydroxyl groups is 1. The van der Waals surface area contributed by atoms with E-state index in [0.29, 0.717) is 28.2 Å². The maximum atomic E-state index is 13.7. The molecule has 1 fully saturated rings. The number of halogens is 1. The molecule has 3 aliphatic rings. The summed E-state index contributed by atoms with van der Waals surface area (Å²) in [6.45, 7) is 1.86. The van der Waals surface area contributed by atoms with Gasteiger partial charge in [-0.3, -0.25) is 14.5 Å². The number of carbonyl (C=O) groups excluding carboxylic acids is 2. The summed E-state index contributed by atoms with van der Waals surface area (Å²) in [6, 6.07) is 15.6. The summed E-state index contributed by atoms with van der Waals surface area (Å²) in [7, 11) is 1.72. The van der Waals surface area contributed by atoms with E-state index in [1.54, 1.807) is 48.3 Å². The fourth-order valence-electron chi connectivity index (χ4n) is 5.15. The highest BCUT2D eigenvalue weighted by molar-refractivity contribution is 6.12. The van der Waals surface area contributed by atoms with Gasteiger partial charge in [-0.05, 0) is 50.1 Å². The lowest BCUT2D eigenvalue weighted by molar-refractivity contribution is -0.119. The molecule has 0 radical (unpaired) electrons. The highest BCUT2D eigenvalue weighted by atomic mass is 19.1. The Morgan fingerprint density at radius 3 is 2.44 bits per heavy atom. The molecule has 1 saturated carbocycles. The molecule has 172 valence electrons. The van der Waals surface area contributed by atoms with E-state index in [1.165, 1.54) is 29.2 Å². The molecule has 2 amide bonds. The van der Waals surface area contributed by atoms with Crippen LogP contribution in [0.3, 0.4) is 0 Å². The van der Waals surface area contributed by atoms with Crippen molar-refractivity contribution in [3.8, 4) is 0 Å². The number of hydrogen-bond acceptors (Lipinski definition) is 5. The minimum absolute atomic E-state index is 0.0126. The summed E-state index contributed by atoms with van der Waals surface area (Å²) in [5.74, 6) is 0.0138. The van der Waals surface area contributed by atoms with Crippen molar-refractivity contribution in [3.63, 3.8) is 0 Å². The van der Waals surface area contributed by atoms with Gasteiger partial charge in [0.25, 0.3) is 5.91 Å². The molecular formula is C26H23FN4O3. The number of rotatable bonds is 3. The number of nitrogens with zero attached hydrogens (tertiary/aromatic N) is 4. The van der Waals surface area contributed by atoms with Crippen molar-refractivity contribution in [2.75, 3.05) is 21.7 Å². The molecule has 1 aromatic heterocycles. The van der Waals surface area contributed by atoms with E-state index in [9.17, 15) is 19.1 Å². The first-order valence-corrected chi connectivity index (χ1v) is 11.3. The fourth-order valence-corrected chi connectivity index (χ4v) is 5.15. The number of benzene rings is 2. The Balaban J connectivity index is 1.55. The van der Waals surface area contributed by atoms with E-state index >= 15 is 0 Å². The fraction of sp³-hybridized carbons (Fsp3) is 0.269. The third-order valence-electron chi connectivity index (χ3n) is 7.03. The molecule has 3 aromatic rings. The van der Waals surface area contributed by atoms with Gasteiger partial charge in [-0.25, -0.2) is 9.37 Å². The molecule has 0 bridgehead atoms. The first-order valence-electron chi connectivity index (χ1n) is 11.3. The second-order valence-corrected chi connectivity index (χ2v) is 9.09. The first-order chi connectivity index (χ1) is 16.3. The van der Waals surface area contributed by atoms with Crippen LogP contribution in [0.15, 0.2) is 60.7 Å². The standard InChI is InChI=1S/C26H23FN4O3/c1-15-24(32)29(2)21-13-14-22(28-23(21)30(15)18-11-12-18)31-25(33)19-5-3-4-6-20(19)26(31,34)16-7-9-17(27)10-8-16/h3-10,13-15,18,34H,11-12H2,1-2H3. The quantitative estimate of drug-likeness (QED) is 0.651. The van der Waals surface area contributed by atoms with Crippen molar-refractivity contribution < 1.29 is 19.1 Å². The zero-order valence-electron chi connectivity index (χ0n) is 18.8. The van der Waals surface area contributed by atoms with Crippen LogP contribution in [0, 0.1) is 5.82 Å². The number of fused-ring (bicyclic) bond motifs is 2. The molecule has 1 aliphatic carbocycles. The van der Waals surface area contributed by atoms with Gasteiger partial charge < -0.3 is 14.9 Å². The van der Waals surface area contributed by atoms with Crippen LogP contribution in [0.5, 0.6) is 0 Å². The SMILES string of the molecule is CC1C(=O)N(C)c2ccc(N3C(=O)c4ccccc4C3(O)c3ccc(F)cc3)nc2N1C1CC1. The minimum atomic E-state index is -1.87. The number of carbonyl (C=O) groups is 2. The highest BCUT2D eigenvalue weighted by Gasteiger charge is 2.52. The second-order valence-electron chi connectivity index (χ2n) is 9.09. The van der Waals surface area contributed by atoms with Crippen LogP contribution >= 0.6 is 0 Å². The third-order valence-corrected chi connectivity index (χ3v) is 7.03. The van der Waals surface area contributed by atoms with Crippen molar-refractivity contribution in [2.24, 2.45) is 0 Å². The summed E-state index contributed by atoms with van der Waals surface area (Å²) in [4.78, 5) is 36.1. The monoisotopic (exact) mass is 458 g/mol. The number of amides is 2. The summed E-state index contributed by atoms with van der Waals surface area (Å²) >= 11 is 0. The van der Waals surface area contributed by atoms with Gasteiger partial charge in [0, 0.05) is 29.8 Å². The Morgan fingerprint density at radius 1 is 1.03 bits per heavy atom. The lowest BCUT2D eigenvalue weighted by atomic mass is 9.94. The Kier molecular flexibility index (Phi) is 4.35. The van der Waals surface area contributed by atoms with E-state index in [2.05, 4.69) is 0 Å². The van der Waals surface area contributed by atoms with Crippen molar-refractivity contribution in [3.05, 3.63) is 83.2 Å². The van der Waals surface area contributed by atoms with Gasteiger partial charge in [0.2, 0.25) is 5.91 Å². The van der Waals surface area contributed by atoms with Crippen LogP contribution in [-0.2, 0) is 10.5 Å². The largest absolute Gasteiger partial charge is 0.363 e. The zero-order chi connectivity index (χ0) is 23.8. The van der Waals surface area contributed by atoms with Gasteiger partial charge >= 0.3 is 0 Å². The molecule has 3 heterocycles. The molecule has 0 spiro atoms. The Bertz CT molecular complexity index is 1340. The van der Waals surface area contributed by atoms with Gasteiger partial charge in [0.15, 0.2) is 11.5 Å². The third kappa shape index (κ3) is 2.75. The Morgan fingerprint density at radius 2 is 1.74 bits per heavy atom. The number of hydrogen-bond donors (Lipinski definition) is 1. The van der Waals surface area contributed by atoms with Crippen LogP contribution in [0.2, 0.25) is 0 Å². The van der Waals surface area contributed by atoms with E-state index in [4.69, 9.17) is 4.98 Å². The van der Waals surface area contributed by atoms with E-state index < -0.39 is 17.4 Å². The molecule has 2 aliphatic heterocycles. The second kappa shape index (κ2) is 7.11. The molecule has 2 unspecified atom stereocenters. The van der Waals surface area contributed by atoms with E-state index in [0.717, 1.165) is 12.8 Å². The van der Waals surface area contributed by atoms with E-state index in [1.807, 2.05) is 11.8 Å². The van der Waals surface area contributed by atoms with Crippen LogP contribution in [0.25, 0.3) is 0 Å². The van der Waals surface area contributed by atoms with Gasteiger partial charge in [0.1, 0.15) is 17.7 Å². The molecular weight excluding hydrogens is 435 g/mol. The van der Waals surface area contributed by atoms with Crippen LogP contribution in [-0.4, -0.2) is 41.0 Å². The number of likely N-dealkylation sites (N-methyl/N-ethyl adjacent to an activating group) is 1. The van der Waals surface area contributed by atoms with Crippen molar-refractivity contribution in [2.45, 2.75) is 37.6 Å². The predicted molar refractivity (Wildman–Crippen MR) is 125 cm³/mol. The molecule has 8 heteroatoms. The summed E-state index contributed by atoms with van der Waals surface area (Å²) in [6.07, 6.45) is 1.95. The molecule has 1 N–H and O–H groups in total. The number of pyridine rings is 1. The molecule has 7 nitrogen and oxygen atoms in total. The maximum absolute atomic E-state index is 13.7. The lowest BCUT2D eigenvalue weighted by Crippen LogP contribution is -2.52. The van der Waals surface area contributed by atoms with Gasteiger partial charge in [-0.15, -0.1) is 0 Å². The van der Waals surface area contributed by atoms with Gasteiger partial charge in [-0.1, -0.05) is 30.3 Å². The van der Waals surface area contributed by atoms with Crippen molar-refractivity contribution >= 4 is 29.1 Å². The molecule has 34 heavy (non-hydrogen) atoms. The van der Waals surface area contributed by atoms with Crippen molar-refractivity contribution in [1.29, 1.82) is 0 Å². The molecule has 6 rings (SSSR count). The Hall–Kier alpha value is -3.78. The van der Waals surface area contributed by atoms with Gasteiger partial charge in [-0.2, -0.15) is 0 Å². The molecule has 2 aromatic carbocycles. The van der Waals surface area contributed by atoms with Crippen LogP contribution in [0.4, 0.5) is 21.7 Å². The number of aromatic nitrogens is 1. The number of anilines is 3. The molecule has 0 saturated heterocycles. The predicted octanol–water partition coefficient (Wildman–Crippen LogP) is 3.41. The summed E-state index contributed by atoms with van der Waals surface area (Å²) in [5, 5.41) is 12.1. The topological polar surface area (TPSA) is 77.0 Å². The molecule has 2 atom stereocenters. The smallest absolute Gasteiger partial charge is 0.262 e. The maximum Gasteiger partial charge on any atom is 0.262 e. The van der Waals surface area contributed by atoms with Crippen LogP contribution < -0.4 is 14.7 Å². The average molecular weight is 458 g/mol. The van der Waals surface area contributed by atoms with Gasteiger partial charge in [0.05, 0.1) is 5.69 Å². The van der Waals surface area contributed by atoms with Crippen molar-refractivity contribution in [1.82, 2.24) is 4.98 Å². The van der Waals surface area contributed by atoms with E-state index in [-0.39, 0.29) is 23.8 Å². The summed E-state index contributed by atoms with van der Waals surface area (Å²) in [5.41, 5.74) is -0.0891. The van der Waals surface area contributed by atoms with Crippen LogP contribution in [0.1, 0.15) is 41.3 Å². The normalized spacial score (nSPS) is 23.9. The zero-order valence-corrected chi connectivity index (χ0v) is 18.8. The minimum Gasteiger partial charge on any atom is -0.363 e. The first kappa shape index (κ1) is 20.8. The average Bonchev–Trinajstić information content (AvgIpc) is 3.65.